The number of aromatic nitrogens is 2. The summed E-state index contributed by atoms with van der Waals surface area (Å²) in [6.07, 6.45) is -3.39. The first-order valence-corrected chi connectivity index (χ1v) is 7.11. The molecule has 0 unspecified atom stereocenters. The molecular weight excluding hydrogens is 327 g/mol. The molecule has 0 atom stereocenters. The van der Waals surface area contributed by atoms with E-state index < -0.39 is 17.8 Å². The highest BCUT2D eigenvalue weighted by Gasteiger charge is 2.33. The number of alkyl halides is 3. The summed E-state index contributed by atoms with van der Waals surface area (Å²) in [7, 11) is 0. The zero-order chi connectivity index (χ0) is 17.7. The maximum absolute atomic E-state index is 12.6. The van der Waals surface area contributed by atoms with Gasteiger partial charge in [0.15, 0.2) is 5.69 Å². The van der Waals surface area contributed by atoms with Crippen molar-refractivity contribution in [1.29, 1.82) is 0 Å². The van der Waals surface area contributed by atoms with E-state index in [2.05, 4.69) is 5.10 Å². The average molecular weight is 343 g/mol. The van der Waals surface area contributed by atoms with E-state index in [0.29, 0.717) is 5.69 Å². The first-order chi connectivity index (χ1) is 11.4. The Morgan fingerprint density at radius 2 is 1.83 bits per heavy atom. The molecule has 1 amide bonds. The second-order valence-electron chi connectivity index (χ2n) is 4.93. The molecule has 0 aliphatic heterocycles. The standard InChI is InChI=1S/C15H16F3N3O3/c16-15(17,18)13-4-5-21(19-13)12-3-1-2-11(10-12)14(24)20(6-8-22)7-9-23/h1-5,10,22-23H,6-9H2. The summed E-state index contributed by atoms with van der Waals surface area (Å²) >= 11 is 0. The molecular formula is C15H16F3N3O3. The predicted octanol–water partition coefficient (Wildman–Crippen LogP) is 1.32. The minimum Gasteiger partial charge on any atom is -0.395 e. The molecule has 1 aromatic heterocycles. The SMILES string of the molecule is O=C(c1cccc(-n2ccc(C(F)(F)F)n2)c1)N(CCO)CCO. The van der Waals surface area contributed by atoms with E-state index in [-0.39, 0.29) is 31.9 Å². The number of carbonyl (C=O) groups excluding carboxylic acids is 1. The van der Waals surface area contributed by atoms with Crippen LogP contribution in [0.4, 0.5) is 13.2 Å². The lowest BCUT2D eigenvalue weighted by molar-refractivity contribution is -0.141. The molecule has 1 heterocycles. The summed E-state index contributed by atoms with van der Waals surface area (Å²) in [5.74, 6) is -0.442. The Morgan fingerprint density at radius 3 is 2.38 bits per heavy atom. The van der Waals surface area contributed by atoms with E-state index in [1.165, 1.54) is 29.2 Å². The third-order valence-corrected chi connectivity index (χ3v) is 3.26. The first kappa shape index (κ1) is 18.0. The molecule has 130 valence electrons. The molecule has 0 aliphatic carbocycles. The number of amides is 1. The minimum atomic E-state index is -4.54. The van der Waals surface area contributed by atoms with Crippen molar-refractivity contribution >= 4 is 5.91 Å². The number of hydrogen-bond acceptors (Lipinski definition) is 4. The zero-order valence-corrected chi connectivity index (χ0v) is 12.6. The van der Waals surface area contributed by atoms with Crippen LogP contribution in [0.15, 0.2) is 36.5 Å². The molecule has 0 saturated heterocycles. The Kier molecular flexibility index (Phi) is 5.58. The maximum Gasteiger partial charge on any atom is 0.435 e. The summed E-state index contributed by atoms with van der Waals surface area (Å²) in [6, 6.07) is 6.79. The van der Waals surface area contributed by atoms with Crippen LogP contribution in [0.3, 0.4) is 0 Å². The Balaban J connectivity index is 2.28. The number of aliphatic hydroxyl groups excluding tert-OH is 2. The second-order valence-corrected chi connectivity index (χ2v) is 4.93. The van der Waals surface area contributed by atoms with Crippen molar-refractivity contribution in [2.45, 2.75) is 6.18 Å². The van der Waals surface area contributed by atoms with Crippen LogP contribution in [0.2, 0.25) is 0 Å². The van der Waals surface area contributed by atoms with Gasteiger partial charge in [-0.05, 0) is 24.3 Å². The third kappa shape index (κ3) is 4.12. The van der Waals surface area contributed by atoms with Gasteiger partial charge in [0.05, 0.1) is 18.9 Å². The van der Waals surface area contributed by atoms with E-state index in [1.807, 2.05) is 0 Å². The van der Waals surface area contributed by atoms with Crippen molar-refractivity contribution in [3.63, 3.8) is 0 Å². The van der Waals surface area contributed by atoms with Crippen molar-refractivity contribution in [3.8, 4) is 5.69 Å². The molecule has 2 rings (SSSR count). The fourth-order valence-corrected chi connectivity index (χ4v) is 2.14. The van der Waals surface area contributed by atoms with Crippen LogP contribution in [-0.2, 0) is 6.18 Å². The molecule has 24 heavy (non-hydrogen) atoms. The lowest BCUT2D eigenvalue weighted by Gasteiger charge is -2.20. The lowest BCUT2D eigenvalue weighted by atomic mass is 10.1. The summed E-state index contributed by atoms with van der Waals surface area (Å²) in [6.45, 7) is -0.438. The van der Waals surface area contributed by atoms with E-state index in [0.717, 1.165) is 16.9 Å². The lowest BCUT2D eigenvalue weighted by Crippen LogP contribution is -2.35. The van der Waals surface area contributed by atoms with Gasteiger partial charge in [0.25, 0.3) is 5.91 Å². The van der Waals surface area contributed by atoms with Crippen LogP contribution >= 0.6 is 0 Å². The van der Waals surface area contributed by atoms with Crippen LogP contribution in [0.1, 0.15) is 16.1 Å². The van der Waals surface area contributed by atoms with Crippen molar-refractivity contribution < 1.29 is 28.2 Å². The molecule has 0 saturated carbocycles. The molecule has 1 aromatic carbocycles. The highest BCUT2D eigenvalue weighted by atomic mass is 19.4. The topological polar surface area (TPSA) is 78.6 Å². The van der Waals surface area contributed by atoms with Crippen LogP contribution < -0.4 is 0 Å². The highest BCUT2D eigenvalue weighted by molar-refractivity contribution is 5.94. The fourth-order valence-electron chi connectivity index (χ4n) is 2.14. The van der Waals surface area contributed by atoms with Gasteiger partial charge < -0.3 is 15.1 Å². The second kappa shape index (κ2) is 7.45. The minimum absolute atomic E-state index is 0.0453. The molecule has 9 heteroatoms. The summed E-state index contributed by atoms with van der Waals surface area (Å²) < 4.78 is 38.9. The molecule has 2 aromatic rings. The Labute approximate surface area is 135 Å². The summed E-state index contributed by atoms with van der Waals surface area (Å²) in [5, 5.41) is 21.4. The number of nitrogens with zero attached hydrogens (tertiary/aromatic N) is 3. The predicted molar refractivity (Wildman–Crippen MR) is 78.6 cm³/mol. The summed E-state index contributed by atoms with van der Waals surface area (Å²) in [4.78, 5) is 13.6. The molecule has 0 spiro atoms. The number of aliphatic hydroxyl groups is 2. The first-order valence-electron chi connectivity index (χ1n) is 7.11. The Bertz CT molecular complexity index is 695. The molecule has 0 fully saturated rings. The monoisotopic (exact) mass is 343 g/mol. The van der Waals surface area contributed by atoms with E-state index in [4.69, 9.17) is 10.2 Å². The van der Waals surface area contributed by atoms with Gasteiger partial charge in [-0.3, -0.25) is 4.79 Å². The maximum atomic E-state index is 12.6. The number of hydrogen-bond donors (Lipinski definition) is 2. The van der Waals surface area contributed by atoms with E-state index in [1.54, 1.807) is 0 Å². The number of benzene rings is 1. The van der Waals surface area contributed by atoms with Gasteiger partial charge >= 0.3 is 6.18 Å². The van der Waals surface area contributed by atoms with E-state index >= 15 is 0 Å². The number of rotatable bonds is 6. The van der Waals surface area contributed by atoms with Gasteiger partial charge in [0, 0.05) is 24.8 Å². The quantitative estimate of drug-likeness (QED) is 0.829. The van der Waals surface area contributed by atoms with Crippen molar-refractivity contribution in [1.82, 2.24) is 14.7 Å². The van der Waals surface area contributed by atoms with Gasteiger partial charge in [-0.1, -0.05) is 6.07 Å². The molecule has 6 nitrogen and oxygen atoms in total. The van der Waals surface area contributed by atoms with Gasteiger partial charge in [-0.15, -0.1) is 0 Å². The van der Waals surface area contributed by atoms with Crippen LogP contribution in [0.5, 0.6) is 0 Å². The highest BCUT2D eigenvalue weighted by Crippen LogP contribution is 2.28. The van der Waals surface area contributed by atoms with Crippen molar-refractivity contribution in [2.24, 2.45) is 0 Å². The average Bonchev–Trinajstić information content (AvgIpc) is 3.04. The van der Waals surface area contributed by atoms with Crippen molar-refractivity contribution in [2.75, 3.05) is 26.3 Å². The van der Waals surface area contributed by atoms with Gasteiger partial charge in [-0.2, -0.15) is 18.3 Å². The summed E-state index contributed by atoms with van der Waals surface area (Å²) in [5.41, 5.74) is -0.510. The van der Waals surface area contributed by atoms with Crippen LogP contribution in [0.25, 0.3) is 5.69 Å². The number of carbonyl (C=O) groups is 1. The van der Waals surface area contributed by atoms with Gasteiger partial charge in [0.2, 0.25) is 0 Å². The molecule has 0 bridgehead atoms. The van der Waals surface area contributed by atoms with Gasteiger partial charge in [0.1, 0.15) is 0 Å². The molecule has 2 N–H and O–H groups in total. The largest absolute Gasteiger partial charge is 0.435 e. The van der Waals surface area contributed by atoms with Gasteiger partial charge in [-0.25, -0.2) is 4.68 Å². The Morgan fingerprint density at radius 1 is 1.17 bits per heavy atom. The fraction of sp³-hybridized carbons (Fsp3) is 0.333. The normalized spacial score (nSPS) is 11.5. The molecule has 0 radical (unpaired) electrons. The number of halogens is 3. The van der Waals surface area contributed by atoms with Crippen LogP contribution in [0, 0.1) is 0 Å². The molecule has 0 aliphatic rings. The smallest absolute Gasteiger partial charge is 0.395 e. The van der Waals surface area contributed by atoms with Crippen molar-refractivity contribution in [3.05, 3.63) is 47.8 Å². The zero-order valence-electron chi connectivity index (χ0n) is 12.6. The third-order valence-electron chi connectivity index (χ3n) is 3.26. The Hall–Kier alpha value is -2.39. The van der Waals surface area contributed by atoms with Crippen LogP contribution in [-0.4, -0.2) is 57.1 Å². The van der Waals surface area contributed by atoms with E-state index in [9.17, 15) is 18.0 Å².